The molecule has 1 aromatic heterocycles. The van der Waals surface area contributed by atoms with Gasteiger partial charge in [0.15, 0.2) is 0 Å². The second kappa shape index (κ2) is 8.20. The van der Waals surface area contributed by atoms with Crippen molar-refractivity contribution in [2.45, 2.75) is 13.8 Å². The van der Waals surface area contributed by atoms with Crippen molar-refractivity contribution >= 4 is 28.9 Å². The Morgan fingerprint density at radius 3 is 2.52 bits per heavy atom. The maximum Gasteiger partial charge on any atom is 0.343 e. The average molecular weight is 367 g/mol. The first kappa shape index (κ1) is 18.2. The van der Waals surface area contributed by atoms with Crippen molar-refractivity contribution < 1.29 is 14.1 Å². The molecule has 2 aliphatic heterocycles. The Hall–Kier alpha value is -1.58. The third kappa shape index (κ3) is 4.16. The second-order valence-electron chi connectivity index (χ2n) is 6.10. The smallest absolute Gasteiger partial charge is 0.343 e. The van der Waals surface area contributed by atoms with Crippen LogP contribution in [0.1, 0.15) is 23.0 Å². The lowest BCUT2D eigenvalue weighted by Crippen LogP contribution is -2.45. The monoisotopic (exact) mass is 367 g/mol. The van der Waals surface area contributed by atoms with Gasteiger partial charge < -0.3 is 24.4 Å². The van der Waals surface area contributed by atoms with Crippen molar-refractivity contribution in [3.05, 3.63) is 11.3 Å². The van der Waals surface area contributed by atoms with Crippen molar-refractivity contribution in [3.8, 4) is 0 Å². The molecule has 2 saturated heterocycles. The topological polar surface area (TPSA) is 93.6 Å². The van der Waals surface area contributed by atoms with Gasteiger partial charge in [-0.3, -0.25) is 0 Å². The Morgan fingerprint density at radius 1 is 1.20 bits per heavy atom. The van der Waals surface area contributed by atoms with Crippen LogP contribution in [-0.4, -0.2) is 77.9 Å². The average Bonchev–Trinajstić information content (AvgIpc) is 2.62. The van der Waals surface area contributed by atoms with E-state index in [0.29, 0.717) is 54.2 Å². The molecule has 1 N–H and O–H groups in total. The van der Waals surface area contributed by atoms with E-state index in [1.807, 2.05) is 11.8 Å². The number of anilines is 2. The predicted octanol–water partition coefficient (Wildman–Crippen LogP) is -0.0600. The molecule has 0 spiro atoms. The molecule has 138 valence electrons. The predicted molar refractivity (Wildman–Crippen MR) is 97.9 cm³/mol. The number of carbonyl (C=O) groups excluding carboxylic acids is 1. The number of aryl methyl sites for hydroxylation is 1. The summed E-state index contributed by atoms with van der Waals surface area (Å²) in [6.45, 7) is 8.61. The zero-order chi connectivity index (χ0) is 17.8. The van der Waals surface area contributed by atoms with Crippen molar-refractivity contribution in [1.29, 1.82) is 0 Å². The van der Waals surface area contributed by atoms with Crippen LogP contribution in [0.2, 0.25) is 0 Å². The standard InChI is InChI=1S/C16H25N5O3S/c1-3-24-15(22)13-12(2)18-16(21-6-4-17-5-7-21)19-14(13)20-8-10-25(23)11-9-20/h17H,3-11H2,1-2H3. The van der Waals surface area contributed by atoms with Crippen LogP contribution in [0, 0.1) is 6.92 Å². The molecule has 3 rings (SSSR count). The van der Waals surface area contributed by atoms with Gasteiger partial charge in [-0.25, -0.2) is 9.78 Å². The first-order valence-electron chi connectivity index (χ1n) is 8.71. The van der Waals surface area contributed by atoms with E-state index in [9.17, 15) is 9.35 Å². The molecule has 9 heteroatoms. The molecule has 0 aromatic carbocycles. The van der Waals surface area contributed by atoms with Crippen LogP contribution in [-0.2, 0) is 15.9 Å². The maximum atomic E-state index is 12.5. The van der Waals surface area contributed by atoms with Crippen LogP contribution < -0.4 is 15.1 Å². The summed E-state index contributed by atoms with van der Waals surface area (Å²) in [6.07, 6.45) is 0. The van der Waals surface area contributed by atoms with Gasteiger partial charge in [-0.15, -0.1) is 0 Å². The van der Waals surface area contributed by atoms with Crippen LogP contribution in [0.5, 0.6) is 0 Å². The fourth-order valence-electron chi connectivity index (χ4n) is 3.07. The minimum Gasteiger partial charge on any atom is -0.616 e. The highest BCUT2D eigenvalue weighted by molar-refractivity contribution is 7.91. The second-order valence-corrected chi connectivity index (χ2v) is 7.80. The molecule has 3 heterocycles. The number of ether oxygens (including phenoxy) is 1. The lowest BCUT2D eigenvalue weighted by molar-refractivity contribution is 0.0525. The quantitative estimate of drug-likeness (QED) is 0.584. The molecule has 0 saturated carbocycles. The number of hydrogen-bond donors (Lipinski definition) is 1. The van der Waals surface area contributed by atoms with E-state index >= 15 is 0 Å². The molecule has 1 aromatic rings. The van der Waals surface area contributed by atoms with Crippen LogP contribution in [0.4, 0.5) is 11.8 Å². The molecular weight excluding hydrogens is 342 g/mol. The van der Waals surface area contributed by atoms with Crippen molar-refractivity contribution in [1.82, 2.24) is 15.3 Å². The van der Waals surface area contributed by atoms with Crippen LogP contribution in [0.25, 0.3) is 0 Å². The summed E-state index contributed by atoms with van der Waals surface area (Å²) < 4.78 is 16.9. The molecule has 8 nitrogen and oxygen atoms in total. The van der Waals surface area contributed by atoms with Gasteiger partial charge in [-0.1, -0.05) is 11.2 Å². The Balaban J connectivity index is 1.97. The lowest BCUT2D eigenvalue weighted by atomic mass is 10.2. The highest BCUT2D eigenvalue weighted by Crippen LogP contribution is 2.26. The molecule has 0 aliphatic carbocycles. The number of carbonyl (C=O) groups is 1. The zero-order valence-electron chi connectivity index (χ0n) is 14.8. The number of esters is 1. The SMILES string of the molecule is CCOC(=O)c1c(C)nc(N2CCNCC2)nc1N1CC[S+]([O-])CC1. The largest absolute Gasteiger partial charge is 0.616 e. The van der Waals surface area contributed by atoms with Gasteiger partial charge in [0.1, 0.15) is 22.9 Å². The van der Waals surface area contributed by atoms with Crippen molar-refractivity contribution in [2.75, 3.05) is 67.2 Å². The number of nitrogens with zero attached hydrogens (tertiary/aromatic N) is 4. The summed E-state index contributed by atoms with van der Waals surface area (Å²) in [6, 6.07) is 0. The number of rotatable bonds is 4. The van der Waals surface area contributed by atoms with E-state index in [4.69, 9.17) is 9.72 Å². The van der Waals surface area contributed by atoms with Gasteiger partial charge in [0.2, 0.25) is 5.95 Å². The van der Waals surface area contributed by atoms with Gasteiger partial charge in [0, 0.05) is 26.2 Å². The number of nitrogens with one attached hydrogen (secondary N) is 1. The normalized spacial score (nSPS) is 19.2. The first-order chi connectivity index (χ1) is 12.1. The minimum atomic E-state index is -0.790. The Morgan fingerprint density at radius 2 is 1.88 bits per heavy atom. The van der Waals surface area contributed by atoms with Crippen LogP contribution >= 0.6 is 0 Å². The van der Waals surface area contributed by atoms with Crippen molar-refractivity contribution in [3.63, 3.8) is 0 Å². The number of hydrogen-bond acceptors (Lipinski definition) is 8. The van der Waals surface area contributed by atoms with Crippen LogP contribution in [0.3, 0.4) is 0 Å². The summed E-state index contributed by atoms with van der Waals surface area (Å²) in [5, 5.41) is 3.31. The maximum absolute atomic E-state index is 12.5. The highest BCUT2D eigenvalue weighted by Gasteiger charge is 2.29. The summed E-state index contributed by atoms with van der Waals surface area (Å²) in [4.78, 5) is 25.9. The summed E-state index contributed by atoms with van der Waals surface area (Å²) in [7, 11) is 0. The third-order valence-corrected chi connectivity index (χ3v) is 5.69. The summed E-state index contributed by atoms with van der Waals surface area (Å²) >= 11 is -0.790. The lowest BCUT2D eigenvalue weighted by Gasteiger charge is -2.32. The molecule has 0 bridgehead atoms. The molecule has 0 amide bonds. The molecule has 25 heavy (non-hydrogen) atoms. The van der Waals surface area contributed by atoms with Gasteiger partial charge in [0.05, 0.1) is 25.4 Å². The Bertz CT molecular complexity index is 616. The summed E-state index contributed by atoms with van der Waals surface area (Å²) in [5.41, 5.74) is 1.05. The van der Waals surface area contributed by atoms with E-state index in [2.05, 4.69) is 15.2 Å². The van der Waals surface area contributed by atoms with E-state index in [1.54, 1.807) is 6.92 Å². The van der Waals surface area contributed by atoms with E-state index in [-0.39, 0.29) is 0 Å². The van der Waals surface area contributed by atoms with Gasteiger partial charge in [0.25, 0.3) is 0 Å². The molecular formula is C16H25N5O3S. The highest BCUT2D eigenvalue weighted by atomic mass is 32.2. The summed E-state index contributed by atoms with van der Waals surface area (Å²) in [5.74, 6) is 2.04. The van der Waals surface area contributed by atoms with E-state index in [1.165, 1.54) is 0 Å². The number of aromatic nitrogens is 2. The van der Waals surface area contributed by atoms with Gasteiger partial charge >= 0.3 is 5.97 Å². The fourth-order valence-corrected chi connectivity index (χ4v) is 4.12. The van der Waals surface area contributed by atoms with E-state index in [0.717, 1.165) is 26.2 Å². The Labute approximate surface area is 151 Å². The molecule has 2 fully saturated rings. The van der Waals surface area contributed by atoms with Crippen molar-refractivity contribution in [2.24, 2.45) is 0 Å². The molecule has 0 unspecified atom stereocenters. The zero-order valence-corrected chi connectivity index (χ0v) is 15.6. The first-order valence-corrected chi connectivity index (χ1v) is 10.2. The fraction of sp³-hybridized carbons (Fsp3) is 0.688. The third-order valence-electron chi connectivity index (χ3n) is 4.42. The molecule has 0 atom stereocenters. The van der Waals surface area contributed by atoms with Gasteiger partial charge in [-0.2, -0.15) is 4.98 Å². The minimum absolute atomic E-state index is 0.307. The van der Waals surface area contributed by atoms with E-state index < -0.39 is 17.1 Å². The Kier molecular flexibility index (Phi) is 5.98. The van der Waals surface area contributed by atoms with Gasteiger partial charge in [-0.05, 0) is 13.8 Å². The molecule has 2 aliphatic rings. The molecule has 0 radical (unpaired) electrons. The van der Waals surface area contributed by atoms with Crippen LogP contribution in [0.15, 0.2) is 0 Å². The number of piperazine rings is 1.